The number of methoxy groups -OCH3 is 1. The van der Waals surface area contributed by atoms with Crippen molar-refractivity contribution in [3.8, 4) is 17.2 Å². The number of hydrogen-bond donors (Lipinski definition) is 1. The molecule has 230 valence electrons. The number of likely N-dealkylation sites (tertiary alicyclic amines) is 1. The van der Waals surface area contributed by atoms with Crippen LogP contribution in [0.2, 0.25) is 0 Å². The van der Waals surface area contributed by atoms with Gasteiger partial charge in [-0.2, -0.15) is 0 Å². The van der Waals surface area contributed by atoms with Gasteiger partial charge in [-0.3, -0.25) is 9.69 Å². The van der Waals surface area contributed by atoms with Crippen LogP contribution in [0.25, 0.3) is 10.9 Å². The van der Waals surface area contributed by atoms with Crippen LogP contribution >= 0.6 is 0 Å². The average Bonchev–Trinajstić information content (AvgIpc) is 3.00. The molecule has 10 nitrogen and oxygen atoms in total. The van der Waals surface area contributed by atoms with E-state index in [4.69, 9.17) is 18.9 Å². The third-order valence-corrected chi connectivity index (χ3v) is 8.84. The monoisotopic (exact) mass is 589 g/mol. The molecule has 2 aliphatic heterocycles. The van der Waals surface area contributed by atoms with Crippen LogP contribution in [0.4, 0.5) is 11.5 Å². The molecule has 3 fully saturated rings. The molecule has 3 heterocycles. The number of rotatable bonds is 11. The molecular formula is C33H43N5O5. The number of fused-ring (bicyclic) bond motifs is 1. The predicted molar refractivity (Wildman–Crippen MR) is 165 cm³/mol. The maximum Gasteiger partial charge on any atom is 0.225 e. The minimum Gasteiger partial charge on any atom is -0.493 e. The van der Waals surface area contributed by atoms with Gasteiger partial charge in [0.15, 0.2) is 11.5 Å². The fraction of sp³-hybridized carbons (Fsp3) is 0.545. The number of carbonyl (C=O) groups is 1. The van der Waals surface area contributed by atoms with E-state index in [9.17, 15) is 4.79 Å². The molecular weight excluding hydrogens is 546 g/mol. The van der Waals surface area contributed by atoms with Gasteiger partial charge in [-0.1, -0.05) is 6.42 Å². The van der Waals surface area contributed by atoms with Crippen LogP contribution in [0.3, 0.4) is 0 Å². The smallest absolute Gasteiger partial charge is 0.225 e. The highest BCUT2D eigenvalue weighted by Gasteiger charge is 2.32. The lowest BCUT2D eigenvalue weighted by molar-refractivity contribution is -0.140. The summed E-state index contributed by atoms with van der Waals surface area (Å²) in [5.74, 6) is 3.50. The molecule has 1 amide bonds. The van der Waals surface area contributed by atoms with Gasteiger partial charge in [0.2, 0.25) is 5.91 Å². The van der Waals surface area contributed by atoms with Crippen molar-refractivity contribution in [3.05, 3.63) is 42.2 Å². The summed E-state index contributed by atoms with van der Waals surface area (Å²) in [7, 11) is 1.65. The highest BCUT2D eigenvalue weighted by molar-refractivity contribution is 5.93. The topological polar surface area (TPSA) is 98.3 Å². The number of benzene rings is 2. The third-order valence-electron chi connectivity index (χ3n) is 8.84. The second-order valence-corrected chi connectivity index (χ2v) is 11.8. The van der Waals surface area contributed by atoms with Crippen molar-refractivity contribution >= 4 is 28.3 Å². The second-order valence-electron chi connectivity index (χ2n) is 11.8. The first kappa shape index (κ1) is 29.4. The molecule has 0 radical (unpaired) electrons. The number of hydrogen-bond acceptors (Lipinski definition) is 9. The highest BCUT2D eigenvalue weighted by Crippen LogP contribution is 2.36. The zero-order valence-corrected chi connectivity index (χ0v) is 25.3. The molecule has 0 unspecified atom stereocenters. The van der Waals surface area contributed by atoms with Crippen molar-refractivity contribution in [2.24, 2.45) is 5.92 Å². The van der Waals surface area contributed by atoms with Crippen LogP contribution in [0, 0.1) is 12.8 Å². The van der Waals surface area contributed by atoms with Crippen LogP contribution in [0.1, 0.15) is 44.1 Å². The standard InChI is InChI=1S/C33H43N5O5/c1-23-19-25(7-8-29(23)43-26-9-12-38(13-10-26)33(39)24-5-3-6-24)36-32-27-20-31(30(40-2)21-28(27)34-22-35-32)42-16-4-11-37-14-17-41-18-15-37/h7-8,19-22,24,26H,3-6,9-18H2,1-2H3,(H,34,35,36). The summed E-state index contributed by atoms with van der Waals surface area (Å²) in [5.41, 5.74) is 2.73. The summed E-state index contributed by atoms with van der Waals surface area (Å²) in [6, 6.07) is 9.95. The second kappa shape index (κ2) is 13.8. The number of amides is 1. The molecule has 1 N–H and O–H groups in total. The van der Waals surface area contributed by atoms with Crippen LogP contribution in [0.5, 0.6) is 17.2 Å². The molecule has 3 aromatic rings. The van der Waals surface area contributed by atoms with Crippen molar-refractivity contribution in [3.63, 3.8) is 0 Å². The van der Waals surface area contributed by atoms with Gasteiger partial charge in [-0.15, -0.1) is 0 Å². The van der Waals surface area contributed by atoms with Gasteiger partial charge in [0.05, 0.1) is 32.4 Å². The van der Waals surface area contributed by atoms with E-state index in [1.807, 2.05) is 29.2 Å². The lowest BCUT2D eigenvalue weighted by Gasteiger charge is -2.36. The summed E-state index contributed by atoms with van der Waals surface area (Å²) >= 11 is 0. The molecule has 2 saturated heterocycles. The Labute approximate surface area is 253 Å². The first-order valence-electron chi connectivity index (χ1n) is 15.7. The number of piperidine rings is 1. The summed E-state index contributed by atoms with van der Waals surface area (Å²) in [6.07, 6.45) is 7.63. The van der Waals surface area contributed by atoms with E-state index in [1.54, 1.807) is 13.4 Å². The zero-order chi connectivity index (χ0) is 29.6. The predicted octanol–water partition coefficient (Wildman–Crippen LogP) is 4.96. The average molecular weight is 590 g/mol. The van der Waals surface area contributed by atoms with Gasteiger partial charge in [-0.25, -0.2) is 9.97 Å². The Hall–Kier alpha value is -3.63. The number of aryl methyl sites for hydroxylation is 1. The molecule has 0 spiro atoms. The van der Waals surface area contributed by atoms with E-state index in [2.05, 4.69) is 33.2 Å². The summed E-state index contributed by atoms with van der Waals surface area (Å²) < 4.78 is 23.6. The van der Waals surface area contributed by atoms with Gasteiger partial charge in [0.1, 0.15) is 24.0 Å². The number of aromatic nitrogens is 2. The molecule has 0 atom stereocenters. The largest absolute Gasteiger partial charge is 0.493 e. The summed E-state index contributed by atoms with van der Waals surface area (Å²) in [5, 5.41) is 4.32. The maximum absolute atomic E-state index is 12.6. The Morgan fingerprint density at radius 2 is 1.81 bits per heavy atom. The van der Waals surface area contributed by atoms with Gasteiger partial charge < -0.3 is 29.2 Å². The van der Waals surface area contributed by atoms with E-state index in [0.717, 1.165) is 106 Å². The first-order chi connectivity index (χ1) is 21.1. The lowest BCUT2D eigenvalue weighted by atomic mass is 9.84. The highest BCUT2D eigenvalue weighted by atomic mass is 16.5. The number of nitrogens with zero attached hydrogens (tertiary/aromatic N) is 4. The lowest BCUT2D eigenvalue weighted by Crippen LogP contribution is -2.45. The Morgan fingerprint density at radius 1 is 1.00 bits per heavy atom. The minimum absolute atomic E-state index is 0.121. The van der Waals surface area contributed by atoms with Crippen molar-refractivity contribution in [2.75, 3.05) is 65.0 Å². The van der Waals surface area contributed by atoms with Crippen molar-refractivity contribution in [2.45, 2.75) is 51.6 Å². The molecule has 10 heteroatoms. The van der Waals surface area contributed by atoms with Crippen molar-refractivity contribution in [1.82, 2.24) is 19.8 Å². The van der Waals surface area contributed by atoms with Crippen LogP contribution in [-0.4, -0.2) is 91.4 Å². The normalized spacial score (nSPS) is 18.3. The summed E-state index contributed by atoms with van der Waals surface area (Å²) in [4.78, 5) is 26.0. The van der Waals surface area contributed by atoms with Crippen LogP contribution in [0.15, 0.2) is 36.7 Å². The van der Waals surface area contributed by atoms with E-state index in [-0.39, 0.29) is 12.0 Å². The number of nitrogens with one attached hydrogen (secondary N) is 1. The van der Waals surface area contributed by atoms with E-state index >= 15 is 0 Å². The molecule has 6 rings (SSSR count). The van der Waals surface area contributed by atoms with Crippen LogP contribution in [-0.2, 0) is 9.53 Å². The minimum atomic E-state index is 0.121. The van der Waals surface area contributed by atoms with E-state index < -0.39 is 0 Å². The Kier molecular flexibility index (Phi) is 9.43. The molecule has 1 saturated carbocycles. The fourth-order valence-electron chi connectivity index (χ4n) is 6.01. The third kappa shape index (κ3) is 7.13. The number of ether oxygens (including phenoxy) is 4. The van der Waals surface area contributed by atoms with E-state index in [0.29, 0.717) is 29.8 Å². The number of carbonyl (C=O) groups excluding carboxylic acids is 1. The van der Waals surface area contributed by atoms with Crippen LogP contribution < -0.4 is 19.5 Å². The summed E-state index contributed by atoms with van der Waals surface area (Å²) in [6.45, 7) is 8.73. The van der Waals surface area contributed by atoms with Crippen molar-refractivity contribution < 1.29 is 23.7 Å². The van der Waals surface area contributed by atoms with Gasteiger partial charge in [0.25, 0.3) is 0 Å². The number of anilines is 2. The molecule has 1 aromatic heterocycles. The fourth-order valence-corrected chi connectivity index (χ4v) is 6.01. The number of morpholine rings is 1. The van der Waals surface area contributed by atoms with Gasteiger partial charge in [0, 0.05) is 68.6 Å². The Morgan fingerprint density at radius 3 is 2.53 bits per heavy atom. The molecule has 43 heavy (non-hydrogen) atoms. The first-order valence-corrected chi connectivity index (χ1v) is 15.7. The van der Waals surface area contributed by atoms with Gasteiger partial charge >= 0.3 is 0 Å². The molecule has 3 aliphatic rings. The zero-order valence-electron chi connectivity index (χ0n) is 25.3. The van der Waals surface area contributed by atoms with E-state index in [1.165, 1.54) is 6.42 Å². The van der Waals surface area contributed by atoms with Gasteiger partial charge in [-0.05, 0) is 56.0 Å². The SMILES string of the molecule is COc1cc2ncnc(Nc3ccc(OC4CCN(C(=O)C5CCC5)CC4)c(C)c3)c2cc1OCCCN1CCOCC1. The molecule has 2 aromatic carbocycles. The molecule has 1 aliphatic carbocycles. The maximum atomic E-state index is 12.6. The molecule has 0 bridgehead atoms. The Bertz CT molecular complexity index is 1400. The Balaban J connectivity index is 1.08. The van der Waals surface area contributed by atoms with Crippen molar-refractivity contribution in [1.29, 1.82) is 0 Å². The quantitative estimate of drug-likeness (QED) is 0.311.